The molecule has 0 unspecified atom stereocenters. The predicted molar refractivity (Wildman–Crippen MR) is 132 cm³/mol. The lowest BCUT2D eigenvalue weighted by molar-refractivity contribution is 0.126. The molecule has 3 aromatic carbocycles. The van der Waals surface area contributed by atoms with Crippen molar-refractivity contribution in [2.75, 3.05) is 7.11 Å². The molecule has 178 valence electrons. The minimum Gasteiger partial charge on any atom is -0.508 e. The Hall–Kier alpha value is -4.92. The third-order valence-corrected chi connectivity index (χ3v) is 5.95. The number of nitrogens with zero attached hydrogens (tertiary/aromatic N) is 5. The van der Waals surface area contributed by atoms with Crippen LogP contribution >= 0.6 is 0 Å². The highest BCUT2D eigenvalue weighted by molar-refractivity contribution is 5.78. The van der Waals surface area contributed by atoms with Gasteiger partial charge in [-0.05, 0) is 29.3 Å². The van der Waals surface area contributed by atoms with Gasteiger partial charge in [-0.2, -0.15) is 0 Å². The van der Waals surface area contributed by atoms with Crippen molar-refractivity contribution in [3.8, 4) is 23.1 Å². The van der Waals surface area contributed by atoms with Gasteiger partial charge < -0.3 is 19.4 Å². The first kappa shape index (κ1) is 21.6. The van der Waals surface area contributed by atoms with Gasteiger partial charge in [0.2, 0.25) is 5.88 Å². The van der Waals surface area contributed by atoms with Crippen molar-refractivity contribution < 1.29 is 19.4 Å². The number of phenolic OH excluding ortho intramolecular Hbond substituents is 1. The van der Waals surface area contributed by atoms with Crippen LogP contribution in [0.2, 0.25) is 0 Å². The van der Waals surface area contributed by atoms with Crippen LogP contribution in [0.5, 0.6) is 23.1 Å². The van der Waals surface area contributed by atoms with E-state index in [1.807, 2.05) is 60.7 Å². The molecule has 0 fully saturated rings. The highest BCUT2D eigenvalue weighted by atomic mass is 16.6. The van der Waals surface area contributed by atoms with Gasteiger partial charge in [-0.25, -0.2) is 14.5 Å². The van der Waals surface area contributed by atoms with Crippen molar-refractivity contribution >= 4 is 11.9 Å². The highest BCUT2D eigenvalue weighted by Crippen LogP contribution is 2.48. The molecule has 0 bridgehead atoms. The number of hydrogen-bond donors (Lipinski definition) is 1. The highest BCUT2D eigenvalue weighted by Gasteiger charge is 2.33. The maximum Gasteiger partial charge on any atom is 0.228 e. The number of hydrogen-bond acceptors (Lipinski definition) is 8. The van der Waals surface area contributed by atoms with E-state index in [9.17, 15) is 5.11 Å². The zero-order chi connectivity index (χ0) is 24.5. The molecule has 1 aliphatic heterocycles. The van der Waals surface area contributed by atoms with Crippen LogP contribution in [0.1, 0.15) is 34.0 Å². The second-order valence-corrected chi connectivity index (χ2v) is 8.21. The fraction of sp³-hybridized carbons (Fsp3) is 0.111. The Morgan fingerprint density at radius 2 is 1.92 bits per heavy atom. The van der Waals surface area contributed by atoms with Gasteiger partial charge >= 0.3 is 0 Å². The lowest BCUT2D eigenvalue weighted by Gasteiger charge is -2.28. The fourth-order valence-corrected chi connectivity index (χ4v) is 4.28. The van der Waals surface area contributed by atoms with E-state index in [0.717, 1.165) is 28.0 Å². The molecule has 0 amide bonds. The number of phenols is 1. The van der Waals surface area contributed by atoms with Gasteiger partial charge in [0.25, 0.3) is 0 Å². The second kappa shape index (κ2) is 9.03. The molecule has 3 heterocycles. The van der Waals surface area contributed by atoms with Crippen molar-refractivity contribution in [2.24, 2.45) is 5.16 Å². The smallest absolute Gasteiger partial charge is 0.228 e. The molecule has 0 spiro atoms. The lowest BCUT2D eigenvalue weighted by atomic mass is 9.84. The van der Waals surface area contributed by atoms with Crippen LogP contribution in [-0.4, -0.2) is 38.0 Å². The number of aromatic nitrogens is 4. The Morgan fingerprint density at radius 1 is 1.08 bits per heavy atom. The topological polar surface area (TPSA) is 103 Å². The van der Waals surface area contributed by atoms with E-state index in [1.54, 1.807) is 36.3 Å². The van der Waals surface area contributed by atoms with Crippen LogP contribution < -0.4 is 9.47 Å². The number of methoxy groups -OCH3 is 1. The Morgan fingerprint density at radius 3 is 2.72 bits per heavy atom. The number of ether oxygens (including phenoxy) is 2. The van der Waals surface area contributed by atoms with Gasteiger partial charge in [0.15, 0.2) is 18.1 Å². The van der Waals surface area contributed by atoms with Crippen molar-refractivity contribution in [1.29, 1.82) is 0 Å². The van der Waals surface area contributed by atoms with Crippen molar-refractivity contribution in [3.05, 3.63) is 107 Å². The maximum absolute atomic E-state index is 10.0. The van der Waals surface area contributed by atoms with Crippen LogP contribution in [0.4, 0.5) is 0 Å². The molecule has 1 N–H and O–H groups in total. The summed E-state index contributed by atoms with van der Waals surface area (Å²) < 4.78 is 13.0. The van der Waals surface area contributed by atoms with Gasteiger partial charge in [0, 0.05) is 17.5 Å². The summed E-state index contributed by atoms with van der Waals surface area (Å²) in [5.41, 5.74) is 4.18. The monoisotopic (exact) mass is 479 g/mol. The summed E-state index contributed by atoms with van der Waals surface area (Å²) in [4.78, 5) is 14.7. The molecule has 6 rings (SSSR count). The van der Waals surface area contributed by atoms with Gasteiger partial charge in [-0.3, -0.25) is 0 Å². The first-order valence-electron chi connectivity index (χ1n) is 11.3. The first-order valence-corrected chi connectivity index (χ1v) is 11.3. The van der Waals surface area contributed by atoms with Crippen molar-refractivity contribution in [1.82, 2.24) is 19.6 Å². The van der Waals surface area contributed by atoms with Crippen LogP contribution in [-0.2, 0) is 11.4 Å². The van der Waals surface area contributed by atoms with Crippen molar-refractivity contribution in [3.63, 3.8) is 0 Å². The Bertz CT molecular complexity index is 1570. The first-order chi connectivity index (χ1) is 17.7. The molecular formula is C27H21N5O4. The molecule has 9 heteroatoms. The quantitative estimate of drug-likeness (QED) is 0.273. The lowest BCUT2D eigenvalue weighted by Crippen LogP contribution is -2.15. The number of oxime groups is 1. The van der Waals surface area contributed by atoms with Crippen molar-refractivity contribution in [2.45, 2.75) is 12.5 Å². The minimum absolute atomic E-state index is 0.0955. The van der Waals surface area contributed by atoms with Gasteiger partial charge in [-0.1, -0.05) is 53.7 Å². The molecule has 9 nitrogen and oxygen atoms in total. The van der Waals surface area contributed by atoms with E-state index >= 15 is 0 Å². The van der Waals surface area contributed by atoms with E-state index in [-0.39, 0.29) is 18.3 Å². The summed E-state index contributed by atoms with van der Waals surface area (Å²) in [6.07, 6.45) is 3.19. The summed E-state index contributed by atoms with van der Waals surface area (Å²) >= 11 is 0. The largest absolute Gasteiger partial charge is 0.508 e. The molecule has 0 saturated carbocycles. The average Bonchev–Trinajstić information content (AvgIpc) is 3.34. The molecule has 0 radical (unpaired) electrons. The molecule has 5 aromatic rings. The van der Waals surface area contributed by atoms with E-state index in [0.29, 0.717) is 23.1 Å². The fourth-order valence-electron chi connectivity index (χ4n) is 4.28. The van der Waals surface area contributed by atoms with Crippen LogP contribution in [0.15, 0.2) is 84.3 Å². The number of rotatable bonds is 6. The molecule has 1 atom stereocenters. The molecule has 2 aromatic heterocycles. The summed E-state index contributed by atoms with van der Waals surface area (Å²) in [5.74, 6) is 2.03. The number of benzene rings is 3. The zero-order valence-electron chi connectivity index (χ0n) is 19.3. The second-order valence-electron chi connectivity index (χ2n) is 8.21. The molecule has 1 aliphatic rings. The summed E-state index contributed by atoms with van der Waals surface area (Å²) in [7, 11) is 1.63. The van der Waals surface area contributed by atoms with E-state index < -0.39 is 0 Å². The molecular weight excluding hydrogens is 458 g/mol. The maximum atomic E-state index is 10.0. The minimum atomic E-state index is -0.250. The van der Waals surface area contributed by atoms with Gasteiger partial charge in [-0.15, -0.1) is 5.10 Å². The van der Waals surface area contributed by atoms with E-state index in [2.05, 4.69) is 15.2 Å². The Kier molecular flexibility index (Phi) is 5.42. The zero-order valence-corrected chi connectivity index (χ0v) is 19.3. The standard InChI is InChI=1S/C27H21N5O4/c1-34-20-10-7-18(8-11-20)24-21-12-9-19(33)13-22(21)36-27-25(24)26-30-23(31-32(26)16-28-27)15-35-29-14-17-5-3-2-4-6-17/h2-14,16,24,33H,15H2,1H3/b29-14-/t24-/m1/s1. The van der Waals surface area contributed by atoms with Crippen LogP contribution in [0.25, 0.3) is 5.65 Å². The van der Waals surface area contributed by atoms with E-state index in [4.69, 9.17) is 19.3 Å². The average molecular weight is 479 g/mol. The summed E-state index contributed by atoms with van der Waals surface area (Å²) in [6.45, 7) is 0.0955. The molecule has 0 saturated heterocycles. The summed E-state index contributed by atoms with van der Waals surface area (Å²) in [6, 6.07) is 22.6. The Balaban J connectivity index is 1.38. The van der Waals surface area contributed by atoms with Gasteiger partial charge in [0.05, 0.1) is 18.9 Å². The summed E-state index contributed by atoms with van der Waals surface area (Å²) in [5, 5.41) is 18.6. The predicted octanol–water partition coefficient (Wildman–Crippen LogP) is 4.68. The normalized spacial score (nSPS) is 14.3. The third-order valence-electron chi connectivity index (χ3n) is 5.95. The van der Waals surface area contributed by atoms with Crippen LogP contribution in [0, 0.1) is 0 Å². The van der Waals surface area contributed by atoms with E-state index in [1.165, 1.54) is 0 Å². The van der Waals surface area contributed by atoms with Gasteiger partial charge in [0.1, 0.15) is 23.6 Å². The SMILES string of the molecule is COc1ccc([C@@H]2c3ccc(O)cc3Oc3ncn4nc(CO/N=C\c5ccccc5)nc4c32)cc1. The molecule has 0 aliphatic carbocycles. The molecule has 36 heavy (non-hydrogen) atoms. The van der Waals surface area contributed by atoms with Crippen LogP contribution in [0.3, 0.4) is 0 Å². The Labute approximate surface area is 206 Å². The third kappa shape index (κ3) is 3.96. The number of fused-ring (bicyclic) bond motifs is 4. The number of aromatic hydroxyl groups is 1.